The van der Waals surface area contributed by atoms with Crippen LogP contribution in [-0.4, -0.2) is 36.2 Å². The maximum atomic E-state index is 10.9. The highest BCUT2D eigenvalue weighted by Gasteiger charge is 2.29. The van der Waals surface area contributed by atoms with Crippen molar-refractivity contribution in [3.63, 3.8) is 0 Å². The van der Waals surface area contributed by atoms with E-state index in [1.54, 1.807) is 7.11 Å². The Balaban J connectivity index is 2.29. The third kappa shape index (κ3) is 2.84. The summed E-state index contributed by atoms with van der Waals surface area (Å²) in [5.41, 5.74) is 1.06. The Hall–Kier alpha value is -1.07. The van der Waals surface area contributed by atoms with Crippen molar-refractivity contribution in [1.29, 1.82) is 0 Å². The number of carbonyl (C=O) groups is 1. The molecule has 1 atom stereocenters. The number of likely N-dealkylation sites (tertiary alicyclic amines) is 1. The molecular weight excluding hydrogens is 298 g/mol. The molecule has 98 valence electrons. The van der Waals surface area contributed by atoms with E-state index in [-0.39, 0.29) is 12.6 Å². The van der Waals surface area contributed by atoms with Crippen molar-refractivity contribution in [3.05, 3.63) is 28.2 Å². The summed E-state index contributed by atoms with van der Waals surface area (Å²) in [6, 6.07) is 5.99. The molecule has 0 spiro atoms. The van der Waals surface area contributed by atoms with Gasteiger partial charge in [-0.1, -0.05) is 15.9 Å². The van der Waals surface area contributed by atoms with Gasteiger partial charge < -0.3 is 9.84 Å². The number of benzene rings is 1. The normalized spacial score (nSPS) is 20.0. The van der Waals surface area contributed by atoms with Gasteiger partial charge in [0.1, 0.15) is 5.75 Å². The van der Waals surface area contributed by atoms with Gasteiger partial charge in [0.25, 0.3) is 0 Å². The van der Waals surface area contributed by atoms with Gasteiger partial charge in [-0.3, -0.25) is 9.69 Å². The van der Waals surface area contributed by atoms with E-state index >= 15 is 0 Å². The van der Waals surface area contributed by atoms with Gasteiger partial charge in [0, 0.05) is 16.1 Å². The second-order valence-electron chi connectivity index (χ2n) is 4.41. The van der Waals surface area contributed by atoms with E-state index in [0.29, 0.717) is 0 Å². The summed E-state index contributed by atoms with van der Waals surface area (Å²) in [6.45, 7) is 0.910. The maximum Gasteiger partial charge on any atom is 0.317 e. The smallest absolute Gasteiger partial charge is 0.317 e. The standard InChI is InChI=1S/C13H16BrNO3/c1-18-12-5-4-9(14)7-10(12)11-3-2-6-15(11)8-13(16)17/h4-5,7,11H,2-3,6,8H2,1H3,(H,16,17)/t11-/m0/s1. The number of carboxylic acids is 1. The largest absolute Gasteiger partial charge is 0.496 e. The van der Waals surface area contributed by atoms with Crippen LogP contribution in [0, 0.1) is 0 Å². The number of methoxy groups -OCH3 is 1. The number of carboxylic acid groups (broad SMARTS) is 1. The first kappa shape index (κ1) is 13.4. The van der Waals surface area contributed by atoms with E-state index in [4.69, 9.17) is 9.84 Å². The highest BCUT2D eigenvalue weighted by atomic mass is 79.9. The maximum absolute atomic E-state index is 10.9. The van der Waals surface area contributed by atoms with Crippen molar-refractivity contribution in [2.75, 3.05) is 20.2 Å². The van der Waals surface area contributed by atoms with Crippen LogP contribution in [0.2, 0.25) is 0 Å². The number of rotatable bonds is 4. The zero-order valence-electron chi connectivity index (χ0n) is 10.2. The zero-order valence-corrected chi connectivity index (χ0v) is 11.8. The number of halogens is 1. The molecule has 4 nitrogen and oxygen atoms in total. The van der Waals surface area contributed by atoms with Crippen molar-refractivity contribution < 1.29 is 14.6 Å². The van der Waals surface area contributed by atoms with Crippen LogP contribution < -0.4 is 4.74 Å². The first-order valence-electron chi connectivity index (χ1n) is 5.91. The quantitative estimate of drug-likeness (QED) is 0.928. The van der Waals surface area contributed by atoms with Crippen molar-refractivity contribution in [3.8, 4) is 5.75 Å². The Kier molecular flexibility index (Phi) is 4.24. The third-order valence-corrected chi connectivity index (χ3v) is 3.75. The van der Waals surface area contributed by atoms with Crippen LogP contribution in [0.25, 0.3) is 0 Å². The van der Waals surface area contributed by atoms with Gasteiger partial charge in [0.2, 0.25) is 0 Å². The summed E-state index contributed by atoms with van der Waals surface area (Å²) in [4.78, 5) is 12.9. The fourth-order valence-electron chi connectivity index (χ4n) is 2.51. The minimum atomic E-state index is -0.782. The minimum Gasteiger partial charge on any atom is -0.496 e. The van der Waals surface area contributed by atoms with Crippen LogP contribution in [0.15, 0.2) is 22.7 Å². The van der Waals surface area contributed by atoms with Gasteiger partial charge in [-0.2, -0.15) is 0 Å². The topological polar surface area (TPSA) is 49.8 Å². The molecule has 1 N–H and O–H groups in total. The van der Waals surface area contributed by atoms with Gasteiger partial charge in [-0.05, 0) is 37.6 Å². The molecule has 1 heterocycles. The lowest BCUT2D eigenvalue weighted by Gasteiger charge is -2.24. The van der Waals surface area contributed by atoms with Gasteiger partial charge >= 0.3 is 5.97 Å². The molecular formula is C13H16BrNO3. The lowest BCUT2D eigenvalue weighted by atomic mass is 10.0. The molecule has 0 unspecified atom stereocenters. The highest BCUT2D eigenvalue weighted by molar-refractivity contribution is 9.10. The summed E-state index contributed by atoms with van der Waals surface area (Å²) in [5, 5.41) is 8.94. The van der Waals surface area contributed by atoms with Crippen molar-refractivity contribution in [1.82, 2.24) is 4.90 Å². The molecule has 0 aliphatic carbocycles. The highest BCUT2D eigenvalue weighted by Crippen LogP contribution is 2.38. The lowest BCUT2D eigenvalue weighted by Crippen LogP contribution is -2.29. The number of hydrogen-bond donors (Lipinski definition) is 1. The molecule has 0 amide bonds. The summed E-state index contributed by atoms with van der Waals surface area (Å²) >= 11 is 3.45. The van der Waals surface area contributed by atoms with E-state index in [1.807, 2.05) is 23.1 Å². The van der Waals surface area contributed by atoms with Gasteiger partial charge in [0.05, 0.1) is 13.7 Å². The molecule has 0 radical (unpaired) electrons. The monoisotopic (exact) mass is 313 g/mol. The number of nitrogens with zero attached hydrogens (tertiary/aromatic N) is 1. The van der Waals surface area contributed by atoms with Crippen LogP contribution >= 0.6 is 15.9 Å². The summed E-state index contributed by atoms with van der Waals surface area (Å²) in [5.74, 6) is 0.0383. The predicted octanol–water partition coefficient (Wildman–Crippen LogP) is 2.68. The Labute approximate surface area is 115 Å². The van der Waals surface area contributed by atoms with E-state index < -0.39 is 5.97 Å². The molecule has 1 aromatic carbocycles. The van der Waals surface area contributed by atoms with Crippen LogP contribution in [0.1, 0.15) is 24.4 Å². The fraction of sp³-hybridized carbons (Fsp3) is 0.462. The van der Waals surface area contributed by atoms with Crippen LogP contribution in [-0.2, 0) is 4.79 Å². The molecule has 0 saturated carbocycles. The lowest BCUT2D eigenvalue weighted by molar-refractivity contribution is -0.138. The minimum absolute atomic E-state index is 0.0837. The van der Waals surface area contributed by atoms with E-state index in [9.17, 15) is 4.79 Å². The summed E-state index contributed by atoms with van der Waals surface area (Å²) < 4.78 is 6.36. The Morgan fingerprint density at radius 3 is 3.06 bits per heavy atom. The van der Waals surface area contributed by atoms with Crippen LogP contribution in [0.4, 0.5) is 0 Å². The van der Waals surface area contributed by atoms with Gasteiger partial charge in [-0.25, -0.2) is 0 Å². The number of aliphatic carboxylic acids is 1. The summed E-state index contributed by atoms with van der Waals surface area (Å²) in [7, 11) is 1.64. The van der Waals surface area contributed by atoms with Gasteiger partial charge in [-0.15, -0.1) is 0 Å². The van der Waals surface area contributed by atoms with E-state index in [1.165, 1.54) is 0 Å². The van der Waals surface area contributed by atoms with Gasteiger partial charge in [0.15, 0.2) is 0 Å². The first-order valence-corrected chi connectivity index (χ1v) is 6.70. The molecule has 18 heavy (non-hydrogen) atoms. The zero-order chi connectivity index (χ0) is 13.1. The molecule has 1 aliphatic heterocycles. The second kappa shape index (κ2) is 5.71. The molecule has 1 saturated heterocycles. The Morgan fingerprint density at radius 1 is 1.61 bits per heavy atom. The third-order valence-electron chi connectivity index (χ3n) is 3.25. The average molecular weight is 314 g/mol. The number of ether oxygens (including phenoxy) is 1. The second-order valence-corrected chi connectivity index (χ2v) is 5.32. The van der Waals surface area contributed by atoms with E-state index in [2.05, 4.69) is 15.9 Å². The average Bonchev–Trinajstić information content (AvgIpc) is 2.76. The molecule has 0 bridgehead atoms. The fourth-order valence-corrected chi connectivity index (χ4v) is 2.89. The molecule has 5 heteroatoms. The molecule has 1 aliphatic rings. The molecule has 1 fully saturated rings. The molecule has 2 rings (SSSR count). The van der Waals surface area contributed by atoms with E-state index in [0.717, 1.165) is 35.2 Å². The Morgan fingerprint density at radius 2 is 2.39 bits per heavy atom. The van der Waals surface area contributed by atoms with Crippen molar-refractivity contribution >= 4 is 21.9 Å². The first-order chi connectivity index (χ1) is 8.61. The predicted molar refractivity (Wildman–Crippen MR) is 71.9 cm³/mol. The van der Waals surface area contributed by atoms with Crippen molar-refractivity contribution in [2.45, 2.75) is 18.9 Å². The molecule has 0 aromatic heterocycles. The number of hydrogen-bond acceptors (Lipinski definition) is 3. The Bertz CT molecular complexity index is 450. The summed E-state index contributed by atoms with van der Waals surface area (Å²) in [6.07, 6.45) is 1.99. The van der Waals surface area contributed by atoms with Crippen LogP contribution in [0.3, 0.4) is 0 Å². The van der Waals surface area contributed by atoms with Crippen LogP contribution in [0.5, 0.6) is 5.75 Å². The van der Waals surface area contributed by atoms with Crippen molar-refractivity contribution in [2.24, 2.45) is 0 Å². The SMILES string of the molecule is COc1ccc(Br)cc1[C@@H]1CCCN1CC(=O)O. The molecule has 1 aromatic rings.